The Morgan fingerprint density at radius 2 is 1.95 bits per heavy atom. The number of nitrogen functional groups attached to an aromatic ring is 1. The fourth-order valence-electron chi connectivity index (χ4n) is 1.60. The number of anilines is 2. The maximum atomic E-state index is 13.4. The summed E-state index contributed by atoms with van der Waals surface area (Å²) in [5.41, 5.74) is 6.69. The van der Waals surface area contributed by atoms with Crippen LogP contribution in [0.3, 0.4) is 0 Å². The molecule has 0 fully saturated rings. The van der Waals surface area contributed by atoms with Crippen molar-refractivity contribution < 1.29 is 12.8 Å². The fraction of sp³-hybridized carbons (Fsp3) is 0.0769. The Morgan fingerprint density at radius 1 is 1.29 bits per heavy atom. The van der Waals surface area contributed by atoms with Gasteiger partial charge in [0.05, 0.1) is 15.1 Å². The number of nitrogens with one attached hydrogen (secondary N) is 1. The summed E-state index contributed by atoms with van der Waals surface area (Å²) < 4.78 is 40.4. The zero-order valence-electron chi connectivity index (χ0n) is 10.8. The van der Waals surface area contributed by atoms with Crippen LogP contribution in [0, 0.1) is 12.7 Å². The van der Waals surface area contributed by atoms with E-state index in [1.807, 2.05) is 0 Å². The molecule has 21 heavy (non-hydrogen) atoms. The number of halogens is 3. The summed E-state index contributed by atoms with van der Waals surface area (Å²) in [5, 5.41) is 0.248. The highest BCUT2D eigenvalue weighted by molar-refractivity contribution is 9.10. The van der Waals surface area contributed by atoms with Gasteiger partial charge in [-0.1, -0.05) is 11.6 Å². The standard InChI is InChI=1S/C13H11BrClFN2O2S/c1-7-11(15)5-9(6-13(7)17)21(19,20)18-8-2-3-10(14)12(16)4-8/h2-6,18H,17H2,1H3. The minimum atomic E-state index is -3.90. The van der Waals surface area contributed by atoms with Gasteiger partial charge in [0.25, 0.3) is 10.0 Å². The van der Waals surface area contributed by atoms with E-state index in [0.29, 0.717) is 5.56 Å². The smallest absolute Gasteiger partial charge is 0.262 e. The summed E-state index contributed by atoms with van der Waals surface area (Å²) in [4.78, 5) is -0.0843. The van der Waals surface area contributed by atoms with Crippen LogP contribution in [0.4, 0.5) is 15.8 Å². The summed E-state index contributed by atoms with van der Waals surface area (Å²) in [6.07, 6.45) is 0. The van der Waals surface area contributed by atoms with Gasteiger partial charge in [-0.3, -0.25) is 4.72 Å². The predicted molar refractivity (Wildman–Crippen MR) is 85.5 cm³/mol. The molecular formula is C13H11BrClFN2O2S. The first kappa shape index (κ1) is 16.1. The van der Waals surface area contributed by atoms with E-state index in [-0.39, 0.29) is 25.8 Å². The minimum Gasteiger partial charge on any atom is -0.398 e. The van der Waals surface area contributed by atoms with Crippen molar-refractivity contribution in [3.8, 4) is 0 Å². The maximum Gasteiger partial charge on any atom is 0.262 e. The first-order valence-corrected chi connectivity index (χ1v) is 8.39. The molecule has 0 heterocycles. The van der Waals surface area contributed by atoms with Gasteiger partial charge >= 0.3 is 0 Å². The SMILES string of the molecule is Cc1c(N)cc(S(=O)(=O)Nc2ccc(Br)c(F)c2)cc1Cl. The first-order valence-electron chi connectivity index (χ1n) is 5.74. The second-order valence-corrected chi connectivity index (χ2v) is 7.30. The molecule has 8 heteroatoms. The molecular weight excluding hydrogens is 383 g/mol. The quantitative estimate of drug-likeness (QED) is 0.776. The van der Waals surface area contributed by atoms with Gasteiger partial charge < -0.3 is 5.73 Å². The molecule has 0 radical (unpaired) electrons. The van der Waals surface area contributed by atoms with Gasteiger partial charge in [-0.2, -0.15) is 0 Å². The second-order valence-electron chi connectivity index (χ2n) is 4.35. The molecule has 0 saturated carbocycles. The van der Waals surface area contributed by atoms with Crippen molar-refractivity contribution in [1.82, 2.24) is 0 Å². The highest BCUT2D eigenvalue weighted by Crippen LogP contribution is 2.28. The van der Waals surface area contributed by atoms with Crippen molar-refractivity contribution in [2.45, 2.75) is 11.8 Å². The third kappa shape index (κ3) is 3.48. The van der Waals surface area contributed by atoms with E-state index >= 15 is 0 Å². The van der Waals surface area contributed by atoms with Crippen molar-refractivity contribution in [2.24, 2.45) is 0 Å². The molecule has 4 nitrogen and oxygen atoms in total. The van der Waals surface area contributed by atoms with Crippen LogP contribution >= 0.6 is 27.5 Å². The molecule has 0 saturated heterocycles. The van der Waals surface area contributed by atoms with Crippen LogP contribution in [0.5, 0.6) is 0 Å². The lowest BCUT2D eigenvalue weighted by Gasteiger charge is -2.11. The van der Waals surface area contributed by atoms with Crippen molar-refractivity contribution >= 4 is 48.9 Å². The normalized spacial score (nSPS) is 11.4. The van der Waals surface area contributed by atoms with E-state index in [0.717, 1.165) is 6.07 Å². The Balaban J connectivity index is 2.40. The van der Waals surface area contributed by atoms with Crippen LogP contribution < -0.4 is 10.5 Å². The van der Waals surface area contributed by atoms with E-state index in [1.165, 1.54) is 24.3 Å². The average molecular weight is 394 g/mol. The Morgan fingerprint density at radius 3 is 2.52 bits per heavy atom. The van der Waals surface area contributed by atoms with Gasteiger partial charge in [0.1, 0.15) is 5.82 Å². The third-order valence-corrected chi connectivity index (χ3v) is 5.24. The summed E-state index contributed by atoms with van der Waals surface area (Å²) in [5.74, 6) is -0.573. The molecule has 0 bridgehead atoms. The predicted octanol–water partition coefficient (Wildman–Crippen LogP) is 3.93. The molecule has 0 spiro atoms. The summed E-state index contributed by atoms with van der Waals surface area (Å²) in [6.45, 7) is 1.69. The number of rotatable bonds is 3. The van der Waals surface area contributed by atoms with Crippen LogP contribution in [-0.4, -0.2) is 8.42 Å². The van der Waals surface area contributed by atoms with Crippen LogP contribution in [0.2, 0.25) is 5.02 Å². The molecule has 0 aliphatic rings. The summed E-state index contributed by atoms with van der Waals surface area (Å²) in [6, 6.07) is 6.51. The van der Waals surface area contributed by atoms with Crippen LogP contribution in [-0.2, 0) is 10.0 Å². The van der Waals surface area contributed by atoms with Crippen molar-refractivity contribution in [3.63, 3.8) is 0 Å². The molecule has 2 rings (SSSR count). The molecule has 0 aromatic heterocycles. The molecule has 0 unspecified atom stereocenters. The highest BCUT2D eigenvalue weighted by atomic mass is 79.9. The first-order chi connectivity index (χ1) is 9.70. The van der Waals surface area contributed by atoms with Gasteiger partial charge in [-0.15, -0.1) is 0 Å². The van der Waals surface area contributed by atoms with Crippen molar-refractivity contribution in [1.29, 1.82) is 0 Å². The van der Waals surface area contributed by atoms with Gasteiger partial charge in [-0.25, -0.2) is 12.8 Å². The lowest BCUT2D eigenvalue weighted by molar-refractivity contribution is 0.601. The van der Waals surface area contributed by atoms with Crippen molar-refractivity contribution in [3.05, 3.63) is 51.2 Å². The van der Waals surface area contributed by atoms with E-state index in [4.69, 9.17) is 17.3 Å². The number of hydrogen-bond donors (Lipinski definition) is 2. The van der Waals surface area contributed by atoms with Gasteiger partial charge in [0, 0.05) is 10.7 Å². The average Bonchev–Trinajstić information content (AvgIpc) is 2.39. The number of benzene rings is 2. The number of nitrogens with two attached hydrogens (primary N) is 1. The number of hydrogen-bond acceptors (Lipinski definition) is 3. The third-order valence-electron chi connectivity index (χ3n) is 2.84. The maximum absolute atomic E-state index is 13.4. The lowest BCUT2D eigenvalue weighted by Crippen LogP contribution is -2.13. The fourth-order valence-corrected chi connectivity index (χ4v) is 3.25. The van der Waals surface area contributed by atoms with Crippen LogP contribution in [0.15, 0.2) is 39.7 Å². The Hall–Kier alpha value is -1.31. The topological polar surface area (TPSA) is 72.2 Å². The minimum absolute atomic E-state index is 0.0843. The van der Waals surface area contributed by atoms with Gasteiger partial charge in [0.2, 0.25) is 0 Å². The largest absolute Gasteiger partial charge is 0.398 e. The zero-order chi connectivity index (χ0) is 15.8. The van der Waals surface area contributed by atoms with E-state index in [9.17, 15) is 12.8 Å². The van der Waals surface area contributed by atoms with Crippen LogP contribution in [0.1, 0.15) is 5.56 Å². The highest BCUT2D eigenvalue weighted by Gasteiger charge is 2.17. The lowest BCUT2D eigenvalue weighted by atomic mass is 10.2. The van der Waals surface area contributed by atoms with E-state index in [1.54, 1.807) is 6.92 Å². The molecule has 0 amide bonds. The number of sulfonamides is 1. The monoisotopic (exact) mass is 392 g/mol. The molecule has 2 aromatic carbocycles. The van der Waals surface area contributed by atoms with Gasteiger partial charge in [-0.05, 0) is 58.7 Å². The molecule has 112 valence electrons. The van der Waals surface area contributed by atoms with Gasteiger partial charge in [0.15, 0.2) is 0 Å². The molecule has 0 aliphatic heterocycles. The molecule has 2 aromatic rings. The molecule has 3 N–H and O–H groups in total. The Bertz CT molecular complexity index is 789. The van der Waals surface area contributed by atoms with Crippen molar-refractivity contribution in [2.75, 3.05) is 10.5 Å². The Labute approximate surface area is 135 Å². The second kappa shape index (κ2) is 5.82. The molecule has 0 atom stereocenters. The van der Waals surface area contributed by atoms with Crippen LogP contribution in [0.25, 0.3) is 0 Å². The Kier molecular flexibility index (Phi) is 4.46. The van der Waals surface area contributed by atoms with E-state index < -0.39 is 15.8 Å². The summed E-state index contributed by atoms with van der Waals surface area (Å²) >= 11 is 8.93. The molecule has 0 aliphatic carbocycles. The van der Waals surface area contributed by atoms with E-state index in [2.05, 4.69) is 20.7 Å². The summed E-state index contributed by atoms with van der Waals surface area (Å²) in [7, 11) is -3.90. The zero-order valence-corrected chi connectivity index (χ0v) is 14.0.